The summed E-state index contributed by atoms with van der Waals surface area (Å²) >= 11 is 6.19. The Labute approximate surface area is 285 Å². The fourth-order valence-corrected chi connectivity index (χ4v) is 9.51. The summed E-state index contributed by atoms with van der Waals surface area (Å²) in [6.07, 6.45) is -1.41. The van der Waals surface area contributed by atoms with Gasteiger partial charge < -0.3 is 25.8 Å². The zero-order valence-corrected chi connectivity index (χ0v) is 28.7. The zero-order valence-electron chi connectivity index (χ0n) is 27.1. The molecule has 3 aromatic carbocycles. The van der Waals surface area contributed by atoms with Gasteiger partial charge in [0.15, 0.2) is 9.84 Å². The number of anilines is 1. The van der Waals surface area contributed by atoms with E-state index in [-0.39, 0.29) is 53.8 Å². The highest BCUT2D eigenvalue weighted by Crippen LogP contribution is 2.43. The number of hydrogen-bond donors (Lipinski definition) is 5. The van der Waals surface area contributed by atoms with Crippen molar-refractivity contribution in [2.75, 3.05) is 18.4 Å². The lowest BCUT2D eigenvalue weighted by molar-refractivity contribution is -0.124. The van der Waals surface area contributed by atoms with Crippen molar-refractivity contribution in [3.63, 3.8) is 0 Å². The topological polar surface area (TPSA) is 146 Å². The van der Waals surface area contributed by atoms with Gasteiger partial charge in [-0.05, 0) is 88.4 Å². The van der Waals surface area contributed by atoms with Crippen molar-refractivity contribution in [2.45, 2.75) is 85.9 Å². The minimum atomic E-state index is -3.95. The predicted molar refractivity (Wildman–Crippen MR) is 182 cm³/mol. The molecular weight excluding hydrogens is 659 g/mol. The van der Waals surface area contributed by atoms with Crippen LogP contribution < -0.4 is 21.3 Å². The van der Waals surface area contributed by atoms with Crippen LogP contribution in [0, 0.1) is 5.82 Å². The number of carbonyl (C=O) groups excluding carboxylic acids is 1. The van der Waals surface area contributed by atoms with Gasteiger partial charge in [0.25, 0.3) is 0 Å². The van der Waals surface area contributed by atoms with Gasteiger partial charge in [-0.1, -0.05) is 48.0 Å². The van der Waals surface area contributed by atoms with E-state index in [1.165, 1.54) is 30.3 Å². The molecule has 258 valence electrons. The standard InChI is InChI=1S/C35H42ClFN4O6S/c1-22-20-38-21-35(41-22,48(45,46)27-8-5-4-6-9-27)17-16-28-29(37)10-7-11-30(28)39-32(42)31(40-33(43)44)34(18-23(2)47-24(3)19-34)25-12-14-26(36)15-13-25/h4-15,22-24,31,38,40-41H,16-21H2,1-3H3,(H,39,42)(H,43,44)/t22-,23-,24+,31+,34?,35-/m0/s1. The number of hydrogen-bond acceptors (Lipinski definition) is 7. The summed E-state index contributed by atoms with van der Waals surface area (Å²) < 4.78 is 49.8. The van der Waals surface area contributed by atoms with Crippen molar-refractivity contribution in [1.29, 1.82) is 0 Å². The van der Waals surface area contributed by atoms with Crippen LogP contribution in [0.1, 0.15) is 51.2 Å². The molecule has 5 N–H and O–H groups in total. The summed E-state index contributed by atoms with van der Waals surface area (Å²) in [4.78, 5) is 25.2. The van der Waals surface area contributed by atoms with Crippen molar-refractivity contribution in [2.24, 2.45) is 0 Å². The van der Waals surface area contributed by atoms with Gasteiger partial charge in [-0.25, -0.2) is 17.6 Å². The van der Waals surface area contributed by atoms with E-state index in [4.69, 9.17) is 16.3 Å². The molecule has 2 fully saturated rings. The van der Waals surface area contributed by atoms with Gasteiger partial charge in [-0.15, -0.1) is 0 Å². The quantitative estimate of drug-likeness (QED) is 0.193. The average molecular weight is 701 g/mol. The van der Waals surface area contributed by atoms with E-state index in [9.17, 15) is 23.1 Å². The van der Waals surface area contributed by atoms with Gasteiger partial charge in [0.1, 0.15) is 16.7 Å². The first-order chi connectivity index (χ1) is 22.8. The van der Waals surface area contributed by atoms with Crippen LogP contribution in [-0.2, 0) is 31.2 Å². The fraction of sp³-hybridized carbons (Fsp3) is 0.429. The minimum Gasteiger partial charge on any atom is -0.465 e. The number of ether oxygens (including phenoxy) is 1. The summed E-state index contributed by atoms with van der Waals surface area (Å²) in [5.74, 6) is -1.31. The van der Waals surface area contributed by atoms with Crippen LogP contribution in [0.4, 0.5) is 14.9 Å². The molecule has 3 aromatic rings. The molecule has 0 saturated carbocycles. The second kappa shape index (κ2) is 14.5. The average Bonchev–Trinajstić information content (AvgIpc) is 3.03. The summed E-state index contributed by atoms with van der Waals surface area (Å²) in [5, 5.41) is 22.2. The molecule has 10 nitrogen and oxygen atoms in total. The Hall–Kier alpha value is -3.55. The molecule has 48 heavy (non-hydrogen) atoms. The zero-order chi connectivity index (χ0) is 34.7. The maximum absolute atomic E-state index is 15.6. The molecule has 2 aliphatic rings. The van der Waals surface area contributed by atoms with Crippen molar-refractivity contribution in [3.8, 4) is 0 Å². The van der Waals surface area contributed by atoms with Crippen LogP contribution in [0.15, 0.2) is 77.7 Å². The molecular formula is C35H42ClFN4O6S. The highest BCUT2D eigenvalue weighted by molar-refractivity contribution is 7.92. The lowest BCUT2D eigenvalue weighted by Gasteiger charge is -2.47. The molecule has 2 saturated heterocycles. The highest BCUT2D eigenvalue weighted by Gasteiger charge is 2.50. The number of nitrogens with one attached hydrogen (secondary N) is 4. The largest absolute Gasteiger partial charge is 0.465 e. The molecule has 1 unspecified atom stereocenters. The van der Waals surface area contributed by atoms with E-state index in [2.05, 4.69) is 21.3 Å². The predicted octanol–water partition coefficient (Wildman–Crippen LogP) is 5.26. The number of piperazine rings is 1. The second-order valence-electron chi connectivity index (χ2n) is 13.0. The highest BCUT2D eigenvalue weighted by atomic mass is 35.5. The van der Waals surface area contributed by atoms with E-state index in [1.807, 2.05) is 20.8 Å². The summed E-state index contributed by atoms with van der Waals surface area (Å²) in [7, 11) is -3.95. The Balaban J connectivity index is 1.50. The number of benzene rings is 3. The van der Waals surface area contributed by atoms with Gasteiger partial charge in [0.05, 0.1) is 17.1 Å². The molecule has 0 aromatic heterocycles. The number of amides is 2. The molecule has 13 heteroatoms. The molecule has 5 rings (SSSR count). The van der Waals surface area contributed by atoms with E-state index in [0.717, 1.165) is 0 Å². The molecule has 2 heterocycles. The van der Waals surface area contributed by atoms with Gasteiger partial charge in [0, 0.05) is 40.8 Å². The minimum absolute atomic E-state index is 0.0107. The maximum atomic E-state index is 15.6. The van der Waals surface area contributed by atoms with Crippen molar-refractivity contribution < 1.29 is 32.2 Å². The number of carbonyl (C=O) groups is 2. The third-order valence-electron chi connectivity index (χ3n) is 9.36. The molecule has 2 amide bonds. The Morgan fingerprint density at radius 1 is 1.02 bits per heavy atom. The molecule has 0 spiro atoms. The van der Waals surface area contributed by atoms with Gasteiger partial charge in [-0.2, -0.15) is 0 Å². The summed E-state index contributed by atoms with van der Waals surface area (Å²) in [6.45, 7) is 6.27. The lowest BCUT2D eigenvalue weighted by atomic mass is 9.65. The number of carboxylic acid groups (broad SMARTS) is 1. The molecule has 2 aliphatic heterocycles. The summed E-state index contributed by atoms with van der Waals surface area (Å²) in [6, 6.07) is 17.8. The summed E-state index contributed by atoms with van der Waals surface area (Å²) in [5.41, 5.74) is -0.0860. The smallest absolute Gasteiger partial charge is 0.405 e. The third-order valence-corrected chi connectivity index (χ3v) is 12.0. The van der Waals surface area contributed by atoms with Gasteiger partial charge >= 0.3 is 6.09 Å². The van der Waals surface area contributed by atoms with Gasteiger partial charge in [0.2, 0.25) is 5.91 Å². The Kier molecular flexibility index (Phi) is 10.8. The van der Waals surface area contributed by atoms with Crippen LogP contribution in [0.3, 0.4) is 0 Å². The first-order valence-corrected chi connectivity index (χ1v) is 17.9. The second-order valence-corrected chi connectivity index (χ2v) is 15.6. The number of sulfone groups is 1. The van der Waals surface area contributed by atoms with E-state index >= 15 is 4.39 Å². The Morgan fingerprint density at radius 3 is 2.31 bits per heavy atom. The lowest BCUT2D eigenvalue weighted by Crippen LogP contribution is -2.66. The van der Waals surface area contributed by atoms with Crippen LogP contribution in [-0.4, -0.2) is 67.8 Å². The van der Waals surface area contributed by atoms with E-state index in [0.29, 0.717) is 30.0 Å². The number of halogens is 2. The van der Waals surface area contributed by atoms with Crippen molar-refractivity contribution in [3.05, 3.63) is 94.8 Å². The maximum Gasteiger partial charge on any atom is 0.405 e. The molecule has 0 radical (unpaired) electrons. The first-order valence-electron chi connectivity index (χ1n) is 16.0. The van der Waals surface area contributed by atoms with Crippen LogP contribution in [0.2, 0.25) is 5.02 Å². The van der Waals surface area contributed by atoms with Crippen LogP contribution >= 0.6 is 11.6 Å². The third kappa shape index (κ3) is 7.37. The van der Waals surface area contributed by atoms with Crippen LogP contribution in [0.5, 0.6) is 0 Å². The monoisotopic (exact) mass is 700 g/mol. The van der Waals surface area contributed by atoms with Gasteiger partial charge in [-0.3, -0.25) is 10.1 Å². The van der Waals surface area contributed by atoms with Crippen molar-refractivity contribution >= 4 is 39.1 Å². The fourth-order valence-electron chi connectivity index (χ4n) is 7.40. The SMILES string of the molecule is C[C@@H]1CC(c2ccc(Cl)cc2)([C@H](NC(=O)O)C(=O)Nc2cccc(F)c2CC[C@]2(S(=O)(=O)c3ccccc3)CNC[C@H](C)N2)C[C@H](C)O1. The normalized spacial score (nSPS) is 26.7. The molecule has 6 atom stereocenters. The van der Waals surface area contributed by atoms with E-state index < -0.39 is 44.0 Å². The number of rotatable bonds is 10. The molecule has 0 bridgehead atoms. The van der Waals surface area contributed by atoms with E-state index in [1.54, 1.807) is 42.5 Å². The Morgan fingerprint density at radius 2 is 1.69 bits per heavy atom. The Bertz CT molecular complexity index is 1720. The first kappa shape index (κ1) is 35.7. The molecule has 0 aliphatic carbocycles. The van der Waals surface area contributed by atoms with Crippen LogP contribution in [0.25, 0.3) is 0 Å². The van der Waals surface area contributed by atoms with Crippen molar-refractivity contribution in [1.82, 2.24) is 16.0 Å².